The molecule has 1 atom stereocenters. The van der Waals surface area contributed by atoms with Gasteiger partial charge in [0, 0.05) is 0 Å². The zero-order valence-corrected chi connectivity index (χ0v) is 10.7. The summed E-state index contributed by atoms with van der Waals surface area (Å²) in [6.45, 7) is 2.50. The van der Waals surface area contributed by atoms with Crippen molar-refractivity contribution in [1.82, 2.24) is 0 Å². The van der Waals surface area contributed by atoms with Crippen molar-refractivity contribution < 1.29 is 22.8 Å². The van der Waals surface area contributed by atoms with E-state index in [0.29, 0.717) is 12.9 Å². The number of ether oxygens (including phenoxy) is 1. The van der Waals surface area contributed by atoms with Crippen LogP contribution >= 0.6 is 0 Å². The highest BCUT2D eigenvalue weighted by Crippen LogP contribution is 2.02. The van der Waals surface area contributed by atoms with Gasteiger partial charge in [-0.05, 0) is 12.5 Å². The molecule has 1 aromatic rings. The van der Waals surface area contributed by atoms with Crippen molar-refractivity contribution in [1.29, 1.82) is 0 Å². The summed E-state index contributed by atoms with van der Waals surface area (Å²) in [5.41, 5.74) is 1.14. The Morgan fingerprint density at radius 3 is 2.18 bits per heavy atom. The summed E-state index contributed by atoms with van der Waals surface area (Å²) in [4.78, 5) is 0. The van der Waals surface area contributed by atoms with E-state index < -0.39 is 10.1 Å². The monoisotopic (exact) mass is 262 g/mol. The van der Waals surface area contributed by atoms with E-state index in [4.69, 9.17) is 14.4 Å². The van der Waals surface area contributed by atoms with Gasteiger partial charge in [0.25, 0.3) is 10.1 Å². The summed E-state index contributed by atoms with van der Waals surface area (Å²) in [6, 6.07) is 9.93. The molecule has 98 valence electrons. The van der Waals surface area contributed by atoms with Crippen LogP contribution in [0.3, 0.4) is 0 Å². The average molecular weight is 262 g/mol. The Morgan fingerprint density at radius 2 is 1.76 bits per heavy atom. The summed E-state index contributed by atoms with van der Waals surface area (Å²) in [6.07, 6.45) is 0.637. The Kier molecular flexibility index (Phi) is 7.73. The van der Waals surface area contributed by atoms with E-state index in [-0.39, 0.29) is 12.7 Å². The fraction of sp³-hybridized carbons (Fsp3) is 0.455. The van der Waals surface area contributed by atoms with Gasteiger partial charge in [-0.3, -0.25) is 4.55 Å². The number of rotatable bonds is 4. The molecule has 1 rings (SSSR count). The van der Waals surface area contributed by atoms with E-state index in [9.17, 15) is 8.42 Å². The number of hydrogen-bond donors (Lipinski definition) is 2. The smallest absolute Gasteiger partial charge is 0.261 e. The summed E-state index contributed by atoms with van der Waals surface area (Å²) in [5.74, 6) is 0. The Hall–Kier alpha value is -0.950. The minimum atomic E-state index is -3.67. The molecule has 0 spiro atoms. The first-order chi connectivity index (χ1) is 7.83. The maximum Gasteiger partial charge on any atom is 0.261 e. The maximum absolute atomic E-state index is 9.19. The molecule has 0 unspecified atom stereocenters. The number of hydrogen-bond acceptors (Lipinski definition) is 4. The van der Waals surface area contributed by atoms with Crippen LogP contribution in [0.1, 0.15) is 12.5 Å². The van der Waals surface area contributed by atoms with Crippen LogP contribution in [0.15, 0.2) is 30.3 Å². The Morgan fingerprint density at radius 1 is 1.29 bits per heavy atom. The van der Waals surface area contributed by atoms with E-state index in [1.54, 1.807) is 0 Å². The zero-order chi connectivity index (χ0) is 13.3. The highest BCUT2D eigenvalue weighted by atomic mass is 32.2. The first-order valence-corrected chi connectivity index (χ1v) is 6.86. The molecule has 0 saturated heterocycles. The molecule has 0 fully saturated rings. The van der Waals surface area contributed by atoms with Crippen molar-refractivity contribution in [3.8, 4) is 0 Å². The molecular formula is C11H18O5S. The lowest BCUT2D eigenvalue weighted by Crippen LogP contribution is -2.12. The van der Waals surface area contributed by atoms with Gasteiger partial charge in [-0.1, -0.05) is 30.3 Å². The topological polar surface area (TPSA) is 83.8 Å². The van der Waals surface area contributed by atoms with Crippen LogP contribution < -0.4 is 0 Å². The molecule has 6 heteroatoms. The van der Waals surface area contributed by atoms with Crippen LogP contribution in [0, 0.1) is 0 Å². The van der Waals surface area contributed by atoms with Crippen LogP contribution in [-0.4, -0.2) is 37.0 Å². The minimum absolute atomic E-state index is 0.0762. The van der Waals surface area contributed by atoms with Crippen molar-refractivity contribution in [3.05, 3.63) is 35.9 Å². The normalized spacial score (nSPS) is 12.5. The van der Waals surface area contributed by atoms with Crippen molar-refractivity contribution in [2.45, 2.75) is 19.6 Å². The van der Waals surface area contributed by atoms with E-state index >= 15 is 0 Å². The van der Waals surface area contributed by atoms with Crippen molar-refractivity contribution in [2.75, 3.05) is 12.9 Å². The van der Waals surface area contributed by atoms with Crippen molar-refractivity contribution in [3.63, 3.8) is 0 Å². The summed E-state index contributed by atoms with van der Waals surface area (Å²) in [5, 5.41) is 8.69. The highest BCUT2D eigenvalue weighted by Gasteiger charge is 1.98. The van der Waals surface area contributed by atoms with Gasteiger partial charge in [-0.15, -0.1) is 0 Å². The molecule has 0 saturated carbocycles. The molecule has 5 nitrogen and oxygen atoms in total. The minimum Gasteiger partial charge on any atom is -0.394 e. The van der Waals surface area contributed by atoms with Gasteiger partial charge in [-0.2, -0.15) is 8.42 Å². The Balaban J connectivity index is 0.000000437. The first kappa shape index (κ1) is 16.1. The van der Waals surface area contributed by atoms with E-state index in [1.165, 1.54) is 0 Å². The van der Waals surface area contributed by atoms with Crippen LogP contribution in [0.25, 0.3) is 0 Å². The second kappa shape index (κ2) is 8.19. The number of benzene rings is 1. The van der Waals surface area contributed by atoms with Gasteiger partial charge in [0.2, 0.25) is 0 Å². The van der Waals surface area contributed by atoms with E-state index in [2.05, 4.69) is 0 Å². The Bertz CT molecular complexity index is 380. The highest BCUT2D eigenvalue weighted by molar-refractivity contribution is 7.85. The largest absolute Gasteiger partial charge is 0.394 e. The van der Waals surface area contributed by atoms with Gasteiger partial charge in [0.15, 0.2) is 0 Å². The molecule has 0 aliphatic heterocycles. The molecule has 0 radical (unpaired) electrons. The third kappa shape index (κ3) is 13.0. The van der Waals surface area contributed by atoms with Gasteiger partial charge in [0.1, 0.15) is 0 Å². The molecule has 0 aliphatic carbocycles. The number of aliphatic hydroxyl groups is 1. The second-order valence-electron chi connectivity index (χ2n) is 3.52. The zero-order valence-electron chi connectivity index (χ0n) is 9.91. The third-order valence-corrected chi connectivity index (χ3v) is 1.63. The summed E-state index contributed by atoms with van der Waals surface area (Å²) in [7, 11) is -3.67. The maximum atomic E-state index is 9.19. The quantitative estimate of drug-likeness (QED) is 0.793. The van der Waals surface area contributed by atoms with Crippen molar-refractivity contribution >= 4 is 10.1 Å². The van der Waals surface area contributed by atoms with Gasteiger partial charge in [-0.25, -0.2) is 0 Å². The molecule has 17 heavy (non-hydrogen) atoms. The molecule has 0 heterocycles. The van der Waals surface area contributed by atoms with Gasteiger partial charge < -0.3 is 9.84 Å². The van der Waals surface area contributed by atoms with Crippen molar-refractivity contribution in [2.24, 2.45) is 0 Å². The van der Waals surface area contributed by atoms with Gasteiger partial charge in [0.05, 0.1) is 25.6 Å². The molecule has 2 N–H and O–H groups in total. The first-order valence-electron chi connectivity index (χ1n) is 5.01. The molecule has 1 aromatic carbocycles. The standard InChI is InChI=1S/C10H14O2.CH4O3S/c1-9(7-11)12-8-10-5-3-2-4-6-10;1-5(2,3)4/h2-6,9,11H,7-8H2,1H3;1H3,(H,2,3,4)/t9-;/m0./s1. The van der Waals surface area contributed by atoms with Crippen LogP contribution in [0.4, 0.5) is 0 Å². The SMILES string of the molecule is CS(=O)(=O)O.C[C@@H](CO)OCc1ccccc1. The molecule has 0 aromatic heterocycles. The Labute approximate surface area is 102 Å². The predicted molar refractivity (Wildman–Crippen MR) is 65.3 cm³/mol. The fourth-order valence-corrected chi connectivity index (χ4v) is 0.865. The summed E-state index contributed by atoms with van der Waals surface area (Å²) < 4.78 is 31.2. The number of aliphatic hydroxyl groups excluding tert-OH is 1. The second-order valence-corrected chi connectivity index (χ2v) is 4.99. The van der Waals surface area contributed by atoms with E-state index in [1.807, 2.05) is 37.3 Å². The van der Waals surface area contributed by atoms with Crippen LogP contribution in [-0.2, 0) is 21.5 Å². The molecule has 0 aliphatic rings. The average Bonchev–Trinajstić information content (AvgIpc) is 2.25. The predicted octanol–water partition coefficient (Wildman–Crippen LogP) is 1.09. The molecular weight excluding hydrogens is 244 g/mol. The lowest BCUT2D eigenvalue weighted by atomic mass is 10.2. The van der Waals surface area contributed by atoms with E-state index in [0.717, 1.165) is 5.56 Å². The summed E-state index contributed by atoms with van der Waals surface area (Å²) >= 11 is 0. The lowest BCUT2D eigenvalue weighted by molar-refractivity contribution is 0.0145. The lowest BCUT2D eigenvalue weighted by Gasteiger charge is -2.09. The third-order valence-electron chi connectivity index (χ3n) is 1.63. The fourth-order valence-electron chi connectivity index (χ4n) is 0.865. The van der Waals surface area contributed by atoms with Crippen LogP contribution in [0.5, 0.6) is 0 Å². The molecule has 0 amide bonds. The van der Waals surface area contributed by atoms with Crippen LogP contribution in [0.2, 0.25) is 0 Å². The van der Waals surface area contributed by atoms with Gasteiger partial charge >= 0.3 is 0 Å². The molecule has 0 bridgehead atoms.